The number of hydrogen-bond acceptors (Lipinski definition) is 1. The van der Waals surface area contributed by atoms with Crippen LogP contribution in [0.5, 0.6) is 0 Å². The van der Waals surface area contributed by atoms with Gasteiger partial charge in [-0.3, -0.25) is 4.79 Å². The maximum absolute atomic E-state index is 14.7. The van der Waals surface area contributed by atoms with Gasteiger partial charge in [-0.25, -0.2) is 30.7 Å². The smallest absolute Gasteiger partial charge is 0.460 e. The van der Waals surface area contributed by atoms with Crippen LogP contribution in [-0.2, 0) is 4.79 Å². The SMILES string of the molecule is O=C(O)C1(C(F)(F)C(F)(F)C(F)(F)C(F)(F)C(F)(F)F)C(F)(F)C2(F)C(F)=C(F)C1(C(F)(F)F)C2(F)F. The molecule has 1 saturated carbocycles. The van der Waals surface area contributed by atoms with Crippen LogP contribution in [-0.4, -0.2) is 64.6 Å². The fourth-order valence-corrected chi connectivity index (χ4v) is 4.26. The quantitative estimate of drug-likeness (QED) is 0.350. The maximum Gasteiger partial charge on any atom is 0.460 e. The van der Waals surface area contributed by atoms with E-state index in [-0.39, 0.29) is 0 Å². The van der Waals surface area contributed by atoms with E-state index < -0.39 is 82.0 Å². The second-order valence-electron chi connectivity index (χ2n) is 7.53. The second-order valence-corrected chi connectivity index (χ2v) is 7.53. The Morgan fingerprint density at radius 2 is 0.973 bits per heavy atom. The van der Waals surface area contributed by atoms with Gasteiger partial charge in [0.05, 0.1) is 0 Å². The minimum absolute atomic E-state index is 4.75. The molecule has 0 aliphatic heterocycles. The first kappa shape index (κ1) is 31.0. The minimum Gasteiger partial charge on any atom is -0.480 e. The molecule has 1 fully saturated rings. The molecule has 0 radical (unpaired) electrons. The van der Waals surface area contributed by atoms with Gasteiger partial charge in [0.1, 0.15) is 0 Å². The number of aliphatic carboxylic acids is 1. The number of alkyl halides is 19. The van der Waals surface area contributed by atoms with Crippen LogP contribution >= 0.6 is 0 Å². The van der Waals surface area contributed by atoms with Gasteiger partial charge in [-0.2, -0.15) is 61.5 Å². The Balaban J connectivity index is 3.30. The van der Waals surface area contributed by atoms with Crippen LogP contribution in [0.15, 0.2) is 11.7 Å². The summed E-state index contributed by atoms with van der Waals surface area (Å²) in [5.41, 5.74) is -24.3. The van der Waals surface area contributed by atoms with E-state index in [1.165, 1.54) is 0 Å². The molecule has 0 heterocycles. The Morgan fingerprint density at radius 1 is 0.595 bits per heavy atom. The highest BCUT2D eigenvalue weighted by atomic mass is 19.4. The Labute approximate surface area is 185 Å². The molecule has 216 valence electrons. The summed E-state index contributed by atoms with van der Waals surface area (Å²) in [5, 5.41) is 8.67. The van der Waals surface area contributed by atoms with Crippen molar-refractivity contribution in [2.75, 3.05) is 0 Å². The number of hydrogen-bond donors (Lipinski definition) is 1. The monoisotopic (exact) mass is 600 g/mol. The first-order valence-electron chi connectivity index (χ1n) is 8.15. The zero-order chi connectivity index (χ0) is 30.2. The maximum atomic E-state index is 14.7. The predicted octanol–water partition coefficient (Wildman–Crippen LogP) is 6.87. The Morgan fingerprint density at radius 3 is 1.27 bits per heavy atom. The third-order valence-electron chi connectivity index (χ3n) is 5.95. The molecule has 0 aromatic rings. The van der Waals surface area contributed by atoms with Gasteiger partial charge in [0.15, 0.2) is 11.7 Å². The summed E-state index contributed by atoms with van der Waals surface area (Å²) >= 11 is 0. The van der Waals surface area contributed by atoms with Crippen molar-refractivity contribution in [3.63, 3.8) is 0 Å². The van der Waals surface area contributed by atoms with Gasteiger partial charge in [0.2, 0.25) is 10.8 Å². The zero-order valence-electron chi connectivity index (χ0n) is 15.8. The van der Waals surface area contributed by atoms with Crippen LogP contribution in [0, 0.1) is 10.8 Å². The minimum atomic E-state index is -9.24. The predicted molar refractivity (Wildman–Crippen MR) is 67.4 cm³/mol. The number of allylic oxidation sites excluding steroid dienone is 2. The van der Waals surface area contributed by atoms with Gasteiger partial charge in [0, 0.05) is 0 Å². The third kappa shape index (κ3) is 2.41. The molecule has 2 aliphatic rings. The van der Waals surface area contributed by atoms with Gasteiger partial charge < -0.3 is 5.11 Å². The highest BCUT2D eigenvalue weighted by Crippen LogP contribution is 2.88. The van der Waals surface area contributed by atoms with Crippen molar-refractivity contribution in [2.45, 2.75) is 53.6 Å². The van der Waals surface area contributed by atoms with E-state index in [9.17, 15) is 97.0 Å². The largest absolute Gasteiger partial charge is 0.480 e. The molecular formula is C14HF21O2. The van der Waals surface area contributed by atoms with E-state index in [1.807, 2.05) is 0 Å². The summed E-state index contributed by atoms with van der Waals surface area (Å²) in [4.78, 5) is 11.3. The molecule has 2 aliphatic carbocycles. The number of carboxylic acids is 1. The first-order chi connectivity index (χ1) is 15.8. The standard InChI is InChI=1S/C14HF21O2/c15-1-2(16)6(17)7(18,19)4(1,13(30,31)32)5(3(36)37,8(6,20)21)9(22,23)10(24,25)11(26,27)12(28,29)14(33,34)35/h(H,36,37). The van der Waals surface area contributed by atoms with Gasteiger partial charge in [-0.15, -0.1) is 0 Å². The molecule has 0 aromatic heterocycles. The van der Waals surface area contributed by atoms with Crippen LogP contribution in [0.4, 0.5) is 92.2 Å². The lowest BCUT2D eigenvalue weighted by Crippen LogP contribution is -2.79. The van der Waals surface area contributed by atoms with Crippen molar-refractivity contribution in [3.05, 3.63) is 11.7 Å². The van der Waals surface area contributed by atoms with Crippen molar-refractivity contribution in [1.29, 1.82) is 0 Å². The first-order valence-corrected chi connectivity index (χ1v) is 8.15. The van der Waals surface area contributed by atoms with Gasteiger partial charge in [0.25, 0.3) is 5.67 Å². The molecule has 0 aromatic carbocycles. The van der Waals surface area contributed by atoms with Crippen molar-refractivity contribution in [3.8, 4) is 0 Å². The molecule has 0 amide bonds. The van der Waals surface area contributed by atoms with E-state index in [0.29, 0.717) is 0 Å². The fourth-order valence-electron chi connectivity index (χ4n) is 4.26. The van der Waals surface area contributed by atoms with E-state index in [2.05, 4.69) is 0 Å². The molecule has 0 saturated heterocycles. The van der Waals surface area contributed by atoms with Crippen molar-refractivity contribution >= 4 is 5.97 Å². The number of carboxylic acid groups (broad SMARTS) is 1. The summed E-state index contributed by atoms with van der Waals surface area (Å²) in [6, 6.07) is 0. The number of rotatable bonds is 5. The lowest BCUT2D eigenvalue weighted by atomic mass is 9.55. The van der Waals surface area contributed by atoms with Gasteiger partial charge >= 0.3 is 53.9 Å². The van der Waals surface area contributed by atoms with Gasteiger partial charge in [-0.05, 0) is 0 Å². The summed E-state index contributed by atoms with van der Waals surface area (Å²) in [6.07, 6.45) is -16.4. The molecule has 2 bridgehead atoms. The molecule has 37 heavy (non-hydrogen) atoms. The Hall–Kier alpha value is -2.26. The molecule has 2 nitrogen and oxygen atoms in total. The van der Waals surface area contributed by atoms with Crippen molar-refractivity contribution in [2.24, 2.45) is 10.8 Å². The Kier molecular flexibility index (Phi) is 5.72. The average molecular weight is 600 g/mol. The molecule has 2 rings (SSSR count). The number of carbonyl (C=O) groups is 1. The summed E-state index contributed by atoms with van der Waals surface area (Å²) in [5.74, 6) is -67.6. The van der Waals surface area contributed by atoms with E-state index in [1.54, 1.807) is 0 Å². The highest BCUT2D eigenvalue weighted by molar-refractivity contribution is 5.85. The van der Waals surface area contributed by atoms with Crippen molar-refractivity contribution in [1.82, 2.24) is 0 Å². The number of fused-ring (bicyclic) bond motifs is 2. The third-order valence-corrected chi connectivity index (χ3v) is 5.95. The van der Waals surface area contributed by atoms with Crippen LogP contribution in [0.1, 0.15) is 0 Å². The lowest BCUT2D eigenvalue weighted by molar-refractivity contribution is -0.451. The second kappa shape index (κ2) is 6.84. The summed E-state index contributed by atoms with van der Waals surface area (Å²) in [6.45, 7) is 0. The Bertz CT molecular complexity index is 1050. The summed E-state index contributed by atoms with van der Waals surface area (Å²) in [7, 11) is 0. The van der Waals surface area contributed by atoms with Crippen LogP contribution in [0.25, 0.3) is 0 Å². The molecular weight excluding hydrogens is 599 g/mol. The van der Waals surface area contributed by atoms with E-state index in [4.69, 9.17) is 5.11 Å². The molecule has 23 heteroatoms. The zero-order valence-corrected chi connectivity index (χ0v) is 15.8. The van der Waals surface area contributed by atoms with Crippen LogP contribution < -0.4 is 0 Å². The number of halogens is 21. The summed E-state index contributed by atoms with van der Waals surface area (Å²) < 4.78 is 288. The lowest BCUT2D eigenvalue weighted by Gasteiger charge is -2.51. The van der Waals surface area contributed by atoms with Crippen molar-refractivity contribution < 1.29 is 102 Å². The van der Waals surface area contributed by atoms with Crippen LogP contribution in [0.2, 0.25) is 0 Å². The highest BCUT2D eigenvalue weighted by Gasteiger charge is 3.14. The molecule has 3 unspecified atom stereocenters. The molecule has 0 spiro atoms. The fraction of sp³-hybridized carbons (Fsp3) is 0.786. The van der Waals surface area contributed by atoms with Crippen LogP contribution in [0.3, 0.4) is 0 Å². The van der Waals surface area contributed by atoms with E-state index >= 15 is 0 Å². The normalized spacial score (nSPS) is 32.8. The topological polar surface area (TPSA) is 37.3 Å². The van der Waals surface area contributed by atoms with Gasteiger partial charge in [-0.1, -0.05) is 0 Å². The molecule has 1 N–H and O–H groups in total. The van der Waals surface area contributed by atoms with E-state index in [0.717, 1.165) is 0 Å². The average Bonchev–Trinajstić information content (AvgIpc) is 2.84. The molecule has 3 atom stereocenters.